The smallest absolute Gasteiger partial charge is 0.327 e. The van der Waals surface area contributed by atoms with Gasteiger partial charge in [0.1, 0.15) is 24.4 Å². The fraction of sp³-hybridized carbons (Fsp3) is 0.533. The van der Waals surface area contributed by atoms with Crippen LogP contribution in [0, 0.1) is 0 Å². The van der Waals surface area contributed by atoms with Gasteiger partial charge in [-0.2, -0.15) is 0 Å². The Morgan fingerprint density at radius 3 is 2.71 bits per heavy atom. The number of primary amides is 1. The van der Waals surface area contributed by atoms with Crippen molar-refractivity contribution in [3.63, 3.8) is 0 Å². The van der Waals surface area contributed by atoms with E-state index in [1.54, 1.807) is 32.0 Å². The zero-order valence-corrected chi connectivity index (χ0v) is 14.2. The van der Waals surface area contributed by atoms with Crippen LogP contribution in [0.1, 0.15) is 35.9 Å². The third-order valence-electron chi connectivity index (χ3n) is 4.00. The van der Waals surface area contributed by atoms with Crippen molar-refractivity contribution in [2.24, 2.45) is 5.73 Å². The first kappa shape index (κ1) is 17.7. The standard InChI is InChI=1S/C15H20NO7P/c1-15(2)22-12-10(7-20-24(18)19)21-11(13(12)23-15)8-4-3-5-9(6-8)14(16)17/h3-6,10-13,18-19H,7H2,1-2H3,(H2,16,17). The van der Waals surface area contributed by atoms with Gasteiger partial charge in [0.15, 0.2) is 5.79 Å². The van der Waals surface area contributed by atoms with Crippen LogP contribution in [0.2, 0.25) is 0 Å². The summed E-state index contributed by atoms with van der Waals surface area (Å²) >= 11 is 0. The van der Waals surface area contributed by atoms with E-state index >= 15 is 0 Å². The third-order valence-corrected chi connectivity index (χ3v) is 4.38. The second-order valence-electron chi connectivity index (χ2n) is 6.20. The van der Waals surface area contributed by atoms with E-state index in [4.69, 9.17) is 34.3 Å². The molecule has 24 heavy (non-hydrogen) atoms. The normalized spacial score (nSPS) is 31.4. The molecule has 9 heteroatoms. The van der Waals surface area contributed by atoms with Gasteiger partial charge in [-0.15, -0.1) is 0 Å². The summed E-state index contributed by atoms with van der Waals surface area (Å²) in [7, 11) is -2.48. The highest BCUT2D eigenvalue weighted by atomic mass is 31.2. The molecule has 2 heterocycles. The largest absolute Gasteiger partial charge is 0.366 e. The van der Waals surface area contributed by atoms with Gasteiger partial charge in [-0.25, -0.2) is 0 Å². The van der Waals surface area contributed by atoms with E-state index in [0.29, 0.717) is 5.56 Å². The molecule has 0 bridgehead atoms. The number of nitrogens with two attached hydrogens (primary N) is 1. The lowest BCUT2D eigenvalue weighted by Gasteiger charge is -2.24. The van der Waals surface area contributed by atoms with Crippen molar-refractivity contribution in [1.29, 1.82) is 0 Å². The third kappa shape index (κ3) is 3.60. The molecular formula is C15H20NO7P. The molecular weight excluding hydrogens is 337 g/mol. The predicted molar refractivity (Wildman–Crippen MR) is 83.7 cm³/mol. The molecule has 1 aromatic carbocycles. The summed E-state index contributed by atoms with van der Waals surface area (Å²) in [5, 5.41) is 0. The Kier molecular flexibility index (Phi) is 4.90. The van der Waals surface area contributed by atoms with Crippen LogP contribution in [0.3, 0.4) is 0 Å². The summed E-state index contributed by atoms with van der Waals surface area (Å²) in [6.45, 7) is 3.56. The van der Waals surface area contributed by atoms with Crippen molar-refractivity contribution in [3.8, 4) is 0 Å². The number of hydrogen-bond acceptors (Lipinski definition) is 7. The molecule has 132 valence electrons. The molecule has 2 fully saturated rings. The van der Waals surface area contributed by atoms with Crippen LogP contribution in [0.25, 0.3) is 0 Å². The summed E-state index contributed by atoms with van der Waals surface area (Å²) in [4.78, 5) is 29.3. The number of carbonyl (C=O) groups excluding carboxylic acids is 1. The molecule has 1 aromatic rings. The minimum atomic E-state index is -2.48. The summed E-state index contributed by atoms with van der Waals surface area (Å²) in [6, 6.07) is 6.82. The molecule has 4 N–H and O–H groups in total. The quantitative estimate of drug-likeness (QED) is 0.672. The summed E-state index contributed by atoms with van der Waals surface area (Å²) < 4.78 is 22.7. The average Bonchev–Trinajstić information content (AvgIpc) is 2.98. The molecule has 0 radical (unpaired) electrons. The molecule has 2 aliphatic heterocycles. The molecule has 0 aromatic heterocycles. The van der Waals surface area contributed by atoms with Crippen LogP contribution < -0.4 is 5.73 Å². The van der Waals surface area contributed by atoms with E-state index in [9.17, 15) is 4.79 Å². The Balaban J connectivity index is 1.85. The van der Waals surface area contributed by atoms with Crippen LogP contribution in [0.15, 0.2) is 24.3 Å². The van der Waals surface area contributed by atoms with Gasteiger partial charge >= 0.3 is 8.60 Å². The van der Waals surface area contributed by atoms with Gasteiger partial charge in [-0.3, -0.25) is 4.79 Å². The number of ether oxygens (including phenoxy) is 3. The van der Waals surface area contributed by atoms with Crippen molar-refractivity contribution < 1.29 is 33.3 Å². The number of hydrogen-bond donors (Lipinski definition) is 3. The molecule has 2 saturated heterocycles. The minimum absolute atomic E-state index is 0.0364. The Labute approximate surface area is 140 Å². The lowest BCUT2D eigenvalue weighted by Crippen LogP contribution is -2.32. The van der Waals surface area contributed by atoms with E-state index in [2.05, 4.69) is 0 Å². The maximum Gasteiger partial charge on any atom is 0.327 e. The summed E-state index contributed by atoms with van der Waals surface area (Å²) in [5.74, 6) is -1.32. The molecule has 3 rings (SSSR count). The molecule has 2 aliphatic rings. The van der Waals surface area contributed by atoms with Crippen LogP contribution >= 0.6 is 8.60 Å². The Hall–Kier alpha value is -1.12. The zero-order valence-electron chi connectivity index (χ0n) is 13.3. The van der Waals surface area contributed by atoms with Gasteiger partial charge in [0.2, 0.25) is 5.91 Å². The van der Waals surface area contributed by atoms with E-state index in [1.165, 1.54) is 0 Å². The van der Waals surface area contributed by atoms with Crippen molar-refractivity contribution in [1.82, 2.24) is 0 Å². The first-order valence-corrected chi connectivity index (χ1v) is 8.65. The minimum Gasteiger partial charge on any atom is -0.366 e. The lowest BCUT2D eigenvalue weighted by molar-refractivity contribution is -0.190. The number of amides is 1. The van der Waals surface area contributed by atoms with Crippen LogP contribution in [0.5, 0.6) is 0 Å². The highest BCUT2D eigenvalue weighted by Gasteiger charge is 2.55. The molecule has 0 saturated carbocycles. The Bertz CT molecular complexity index is 624. The highest BCUT2D eigenvalue weighted by Crippen LogP contribution is 2.46. The van der Waals surface area contributed by atoms with Crippen molar-refractivity contribution in [2.45, 2.75) is 44.1 Å². The first-order valence-electron chi connectivity index (χ1n) is 7.48. The number of rotatable bonds is 5. The van der Waals surface area contributed by atoms with Gasteiger partial charge in [0, 0.05) is 5.56 Å². The fourth-order valence-corrected chi connectivity index (χ4v) is 3.37. The van der Waals surface area contributed by atoms with E-state index in [0.717, 1.165) is 5.56 Å². The second-order valence-corrected chi connectivity index (χ2v) is 6.96. The molecule has 1 amide bonds. The van der Waals surface area contributed by atoms with E-state index in [1.807, 2.05) is 6.07 Å². The monoisotopic (exact) mass is 357 g/mol. The van der Waals surface area contributed by atoms with Gasteiger partial charge in [-0.1, -0.05) is 12.1 Å². The summed E-state index contributed by atoms with van der Waals surface area (Å²) in [6.07, 6.45) is -1.82. The lowest BCUT2D eigenvalue weighted by atomic mass is 10.00. The van der Waals surface area contributed by atoms with Gasteiger partial charge in [-0.05, 0) is 31.5 Å². The van der Waals surface area contributed by atoms with Crippen LogP contribution in [-0.2, 0) is 18.7 Å². The molecule has 8 nitrogen and oxygen atoms in total. The van der Waals surface area contributed by atoms with Crippen LogP contribution in [-0.4, -0.2) is 46.4 Å². The predicted octanol–water partition coefficient (Wildman–Crippen LogP) is 0.974. The van der Waals surface area contributed by atoms with Gasteiger partial charge in [0.25, 0.3) is 0 Å². The van der Waals surface area contributed by atoms with Crippen LogP contribution in [0.4, 0.5) is 0 Å². The van der Waals surface area contributed by atoms with Crippen molar-refractivity contribution >= 4 is 14.5 Å². The Morgan fingerprint density at radius 2 is 2.04 bits per heavy atom. The van der Waals surface area contributed by atoms with E-state index in [-0.39, 0.29) is 6.61 Å². The van der Waals surface area contributed by atoms with Crippen molar-refractivity contribution in [2.75, 3.05) is 6.61 Å². The topological polar surface area (TPSA) is 120 Å². The van der Waals surface area contributed by atoms with Gasteiger partial charge < -0.3 is 34.3 Å². The van der Waals surface area contributed by atoms with Gasteiger partial charge in [0.05, 0.1) is 6.61 Å². The van der Waals surface area contributed by atoms with E-state index < -0.39 is 44.7 Å². The maximum atomic E-state index is 11.4. The fourth-order valence-electron chi connectivity index (χ4n) is 3.09. The molecule has 0 aliphatic carbocycles. The number of carbonyl (C=O) groups is 1. The Morgan fingerprint density at radius 1 is 1.33 bits per heavy atom. The maximum absolute atomic E-state index is 11.4. The number of benzene rings is 1. The molecule has 4 atom stereocenters. The molecule has 0 spiro atoms. The average molecular weight is 357 g/mol. The zero-order chi connectivity index (χ0) is 17.5. The summed E-state index contributed by atoms with van der Waals surface area (Å²) in [5.41, 5.74) is 6.44. The first-order chi connectivity index (χ1) is 11.3. The van der Waals surface area contributed by atoms with Crippen molar-refractivity contribution in [3.05, 3.63) is 35.4 Å². The highest BCUT2D eigenvalue weighted by molar-refractivity contribution is 7.39. The number of fused-ring (bicyclic) bond motifs is 1. The molecule has 4 unspecified atom stereocenters. The SMILES string of the molecule is CC1(C)OC2C(COP(O)O)OC(c3cccc(C(N)=O)c3)C2O1. The second kappa shape index (κ2) is 6.65.